The molecule has 10 unspecified atom stereocenters. The molecule has 53 heavy (non-hydrogen) atoms. The maximum atomic E-state index is 13.1. The molecule has 6 fully saturated rings. The fraction of sp³-hybridized carbons (Fsp3) is 0.805. The summed E-state index contributed by atoms with van der Waals surface area (Å²) in [5.41, 5.74) is 0.108. The molecule has 4 saturated carbocycles. The molecule has 12 nitrogen and oxygen atoms in total. The van der Waals surface area contributed by atoms with Crippen LogP contribution in [0, 0.1) is 80.8 Å². The predicted octanol–water partition coefficient (Wildman–Crippen LogP) is 4.18. The average Bonchev–Trinajstić information content (AvgIpc) is 3.54. The molecular weight excluding hydrogens is 672 g/mol. The van der Waals surface area contributed by atoms with Gasteiger partial charge in [0.2, 0.25) is 23.6 Å². The van der Waals surface area contributed by atoms with E-state index in [-0.39, 0.29) is 81.5 Å². The van der Waals surface area contributed by atoms with Crippen molar-refractivity contribution in [3.8, 4) is 12.1 Å². The number of nitrogens with zero attached hydrogens (tertiary/aromatic N) is 4. The molecular formula is C41H60N6O6. The molecule has 6 aliphatic rings. The van der Waals surface area contributed by atoms with Crippen molar-refractivity contribution >= 4 is 35.2 Å². The van der Waals surface area contributed by atoms with Gasteiger partial charge in [0.15, 0.2) is 0 Å². The zero-order chi connectivity index (χ0) is 39.2. The minimum Gasteiger partial charge on any atom is -0.339 e. The first kappa shape index (κ1) is 40.4. The second kappa shape index (κ2) is 15.5. The first-order chi connectivity index (χ1) is 24.9. The molecule has 2 saturated heterocycles. The summed E-state index contributed by atoms with van der Waals surface area (Å²) in [6, 6.07) is 1.93. The van der Waals surface area contributed by atoms with Crippen LogP contribution < -0.4 is 10.6 Å². The molecule has 0 aromatic heterocycles. The number of nitriles is 2. The van der Waals surface area contributed by atoms with E-state index in [1.54, 1.807) is 9.80 Å². The zero-order valence-electron chi connectivity index (χ0n) is 32.9. The normalized spacial score (nSPS) is 32.8. The van der Waals surface area contributed by atoms with E-state index in [4.69, 9.17) is 0 Å². The third-order valence-electron chi connectivity index (χ3n) is 13.6. The number of likely N-dealkylation sites (tertiary alicyclic amines) is 2. The van der Waals surface area contributed by atoms with Crippen molar-refractivity contribution in [2.75, 3.05) is 13.1 Å². The number of fused-ring (bicyclic) bond motifs is 2. The van der Waals surface area contributed by atoms with E-state index in [1.165, 1.54) is 0 Å². The molecule has 290 valence electrons. The number of Topliss-reactive ketones (excluding diaryl/α,β-unsaturated/α-hetero) is 2. The maximum absolute atomic E-state index is 13.1. The minimum absolute atomic E-state index is 0.00545. The Hall–Kier alpha value is -3.80. The molecule has 0 aromatic rings. The Labute approximate surface area is 315 Å². The van der Waals surface area contributed by atoms with Crippen molar-refractivity contribution < 1.29 is 28.8 Å². The second-order valence-corrected chi connectivity index (χ2v) is 18.4. The molecule has 4 amide bonds. The minimum atomic E-state index is -0.679. The first-order valence-corrected chi connectivity index (χ1v) is 19.9. The van der Waals surface area contributed by atoms with Gasteiger partial charge in [0, 0.05) is 49.6 Å². The molecule has 2 heterocycles. The van der Waals surface area contributed by atoms with Gasteiger partial charge in [-0.1, -0.05) is 61.8 Å². The van der Waals surface area contributed by atoms with E-state index in [1.807, 2.05) is 27.7 Å². The van der Waals surface area contributed by atoms with Gasteiger partial charge in [0.1, 0.15) is 35.7 Å². The van der Waals surface area contributed by atoms with Crippen molar-refractivity contribution in [1.29, 1.82) is 10.5 Å². The van der Waals surface area contributed by atoms with Gasteiger partial charge < -0.3 is 20.4 Å². The van der Waals surface area contributed by atoms with Crippen LogP contribution in [0.5, 0.6) is 0 Å². The van der Waals surface area contributed by atoms with Crippen LogP contribution >= 0.6 is 0 Å². The standard InChI is InChI=1S/C21H31N3O3.C20H29N3O3/c1-12(2)20(27)24-11-15-17(21(15,3)4)18(24)19(26)23-14(10-22)9-13-7-5-6-8-16(13)25;1-11(2)19(26)23-10-14-16(20(14,3)4)17(23)18(25)22-13(9-21)8-12-6-5-7-15(12)24/h12-15,17-18H,5-9,11H2,1-4H3,(H,23,26);11-14,16-17H,5-8,10H2,1-4H3,(H,22,25). The maximum Gasteiger partial charge on any atom is 0.244 e. The molecule has 2 aliphatic heterocycles. The molecule has 0 bridgehead atoms. The van der Waals surface area contributed by atoms with Crippen LogP contribution in [-0.2, 0) is 28.8 Å². The Bertz CT molecular complexity index is 1570. The fourth-order valence-electron chi connectivity index (χ4n) is 10.1. The number of nitrogens with one attached hydrogen (secondary N) is 2. The van der Waals surface area contributed by atoms with Gasteiger partial charge >= 0.3 is 0 Å². The lowest BCUT2D eigenvalue weighted by Crippen LogP contribution is -2.53. The molecule has 0 spiro atoms. The van der Waals surface area contributed by atoms with Crippen molar-refractivity contribution in [3.05, 3.63) is 0 Å². The lowest BCUT2D eigenvalue weighted by atomic mass is 9.84. The summed E-state index contributed by atoms with van der Waals surface area (Å²) in [5.74, 6) is 0.321. The highest BCUT2D eigenvalue weighted by atomic mass is 16.2. The third kappa shape index (κ3) is 8.03. The largest absolute Gasteiger partial charge is 0.339 e. The Morgan fingerprint density at radius 3 is 1.40 bits per heavy atom. The monoisotopic (exact) mass is 732 g/mol. The number of piperidine rings is 2. The van der Waals surface area contributed by atoms with E-state index in [2.05, 4.69) is 50.5 Å². The number of rotatable bonds is 10. The van der Waals surface area contributed by atoms with E-state index in [9.17, 15) is 39.3 Å². The molecule has 10 atom stereocenters. The highest BCUT2D eigenvalue weighted by molar-refractivity contribution is 5.91. The van der Waals surface area contributed by atoms with E-state index in [0.717, 1.165) is 32.1 Å². The van der Waals surface area contributed by atoms with Crippen molar-refractivity contribution in [1.82, 2.24) is 20.4 Å². The Morgan fingerprint density at radius 1 is 0.679 bits per heavy atom. The Balaban J connectivity index is 0.000000204. The molecule has 4 aliphatic carbocycles. The Kier molecular flexibility index (Phi) is 11.8. The third-order valence-corrected chi connectivity index (χ3v) is 13.6. The molecule has 12 heteroatoms. The van der Waals surface area contributed by atoms with Gasteiger partial charge in [0.25, 0.3) is 0 Å². The second-order valence-electron chi connectivity index (χ2n) is 18.4. The molecule has 0 radical (unpaired) electrons. The van der Waals surface area contributed by atoms with Crippen LogP contribution in [0.25, 0.3) is 0 Å². The lowest BCUT2D eigenvalue weighted by Gasteiger charge is -2.32. The summed E-state index contributed by atoms with van der Waals surface area (Å²) in [6.45, 7) is 17.2. The van der Waals surface area contributed by atoms with Crippen LogP contribution in [0.4, 0.5) is 0 Å². The highest BCUT2D eigenvalue weighted by Crippen LogP contribution is 2.66. The van der Waals surface area contributed by atoms with Crippen molar-refractivity contribution in [2.24, 2.45) is 58.2 Å². The predicted molar refractivity (Wildman–Crippen MR) is 196 cm³/mol. The van der Waals surface area contributed by atoms with Crippen LogP contribution in [0.1, 0.15) is 113 Å². The van der Waals surface area contributed by atoms with Gasteiger partial charge in [-0.3, -0.25) is 28.8 Å². The SMILES string of the molecule is CC(C)C(=O)N1CC2C(C1C(=O)NC(C#N)CC1CCCC1=O)C2(C)C.CC(C)C(=O)N1CC2C(C1C(=O)NC(C#N)CC1CCCCC1=O)C2(C)C. The van der Waals surface area contributed by atoms with E-state index < -0.39 is 24.2 Å². The quantitative estimate of drug-likeness (QED) is 0.336. The van der Waals surface area contributed by atoms with Crippen LogP contribution in [0.15, 0.2) is 0 Å². The smallest absolute Gasteiger partial charge is 0.244 e. The lowest BCUT2D eigenvalue weighted by molar-refractivity contribution is -0.143. The summed E-state index contributed by atoms with van der Waals surface area (Å²) in [6.07, 6.45) is 6.30. The number of carbonyl (C=O) groups excluding carboxylic acids is 6. The Morgan fingerprint density at radius 2 is 1.06 bits per heavy atom. The van der Waals surface area contributed by atoms with E-state index in [0.29, 0.717) is 50.6 Å². The number of carbonyl (C=O) groups is 6. The van der Waals surface area contributed by atoms with Gasteiger partial charge in [-0.2, -0.15) is 10.5 Å². The van der Waals surface area contributed by atoms with E-state index >= 15 is 0 Å². The number of hydrogen-bond donors (Lipinski definition) is 2. The van der Waals surface area contributed by atoms with Crippen molar-refractivity contribution in [2.45, 2.75) is 137 Å². The van der Waals surface area contributed by atoms with Gasteiger partial charge in [0.05, 0.1) is 12.1 Å². The number of ketones is 2. The summed E-state index contributed by atoms with van der Waals surface area (Å²) >= 11 is 0. The van der Waals surface area contributed by atoms with Gasteiger partial charge in [-0.05, 0) is 73.0 Å². The summed E-state index contributed by atoms with van der Waals surface area (Å²) < 4.78 is 0. The number of hydrogen-bond acceptors (Lipinski definition) is 8. The summed E-state index contributed by atoms with van der Waals surface area (Å²) in [5, 5.41) is 24.6. The first-order valence-electron chi connectivity index (χ1n) is 19.9. The van der Waals surface area contributed by atoms with Gasteiger partial charge in [-0.15, -0.1) is 0 Å². The van der Waals surface area contributed by atoms with Gasteiger partial charge in [-0.25, -0.2) is 0 Å². The summed E-state index contributed by atoms with van der Waals surface area (Å²) in [7, 11) is 0. The summed E-state index contributed by atoms with van der Waals surface area (Å²) in [4.78, 5) is 78.5. The topological polar surface area (TPSA) is 181 Å². The highest BCUT2D eigenvalue weighted by Gasteiger charge is 2.70. The van der Waals surface area contributed by atoms with Crippen LogP contribution in [-0.4, -0.2) is 82.3 Å². The van der Waals surface area contributed by atoms with Crippen molar-refractivity contribution in [3.63, 3.8) is 0 Å². The molecule has 6 rings (SSSR count). The van der Waals surface area contributed by atoms with Crippen LogP contribution in [0.2, 0.25) is 0 Å². The average molecular weight is 733 g/mol. The zero-order valence-corrected chi connectivity index (χ0v) is 32.9. The number of amides is 4. The van der Waals surface area contributed by atoms with Crippen LogP contribution in [0.3, 0.4) is 0 Å². The fourth-order valence-corrected chi connectivity index (χ4v) is 10.1. The molecule has 0 aromatic carbocycles. The molecule has 2 N–H and O–H groups in total.